The lowest BCUT2D eigenvalue weighted by atomic mass is 10.2. The highest BCUT2D eigenvalue weighted by molar-refractivity contribution is 5.89. The average Bonchev–Trinajstić information content (AvgIpc) is 3.17. The van der Waals surface area contributed by atoms with Crippen molar-refractivity contribution in [2.24, 2.45) is 5.92 Å². The fraction of sp³-hybridized carbons (Fsp3) is 0.333. The van der Waals surface area contributed by atoms with Crippen LogP contribution < -0.4 is 10.1 Å². The van der Waals surface area contributed by atoms with E-state index in [-0.39, 0.29) is 12.5 Å². The Labute approximate surface area is 150 Å². The summed E-state index contributed by atoms with van der Waals surface area (Å²) in [5, 5.41) is 11.4. The van der Waals surface area contributed by atoms with Crippen LogP contribution in [-0.2, 0) is 17.9 Å². The molecule has 26 heavy (non-hydrogen) atoms. The number of methoxy groups -OCH3 is 1. The topological polar surface area (TPSA) is 86.9 Å². The Hall–Kier alpha value is -3.16. The van der Waals surface area contributed by atoms with Crippen LogP contribution in [0.25, 0.3) is 11.3 Å². The lowest BCUT2D eigenvalue weighted by molar-refractivity contribution is -0.116. The molecule has 0 aliphatic heterocycles. The van der Waals surface area contributed by atoms with Crippen molar-refractivity contribution in [2.75, 3.05) is 12.4 Å². The summed E-state index contributed by atoms with van der Waals surface area (Å²) in [6.07, 6.45) is 7.66. The highest BCUT2D eigenvalue weighted by atomic mass is 16.5. The number of carbonyl (C=O) groups is 1. The molecule has 1 fully saturated rings. The van der Waals surface area contributed by atoms with Gasteiger partial charge < -0.3 is 10.1 Å². The molecule has 1 N–H and O–H groups in total. The van der Waals surface area contributed by atoms with E-state index in [0.29, 0.717) is 11.8 Å². The molecule has 0 spiro atoms. The molecule has 3 heterocycles. The first-order valence-electron chi connectivity index (χ1n) is 8.57. The average molecular weight is 352 g/mol. The summed E-state index contributed by atoms with van der Waals surface area (Å²) in [6, 6.07) is 7.34. The van der Waals surface area contributed by atoms with Gasteiger partial charge in [-0.1, -0.05) is 6.07 Å². The monoisotopic (exact) mass is 352 g/mol. The van der Waals surface area contributed by atoms with Gasteiger partial charge >= 0.3 is 0 Å². The maximum atomic E-state index is 12.3. The number of amides is 1. The Bertz CT molecular complexity index is 912. The molecule has 0 aromatic carbocycles. The Morgan fingerprint density at radius 1 is 1.31 bits per heavy atom. The van der Waals surface area contributed by atoms with Gasteiger partial charge in [0.05, 0.1) is 25.2 Å². The van der Waals surface area contributed by atoms with Crippen LogP contribution in [0.15, 0.2) is 42.9 Å². The third kappa shape index (κ3) is 3.74. The van der Waals surface area contributed by atoms with Crippen molar-refractivity contribution in [1.82, 2.24) is 24.5 Å². The number of rotatable bonds is 7. The molecule has 1 amide bonds. The first-order chi connectivity index (χ1) is 12.7. The molecular formula is C18H20N6O2. The van der Waals surface area contributed by atoms with E-state index in [4.69, 9.17) is 4.74 Å². The summed E-state index contributed by atoms with van der Waals surface area (Å²) < 4.78 is 8.58. The van der Waals surface area contributed by atoms with Gasteiger partial charge in [-0.3, -0.25) is 9.48 Å². The van der Waals surface area contributed by atoms with Crippen molar-refractivity contribution in [2.45, 2.75) is 25.9 Å². The second-order valence-corrected chi connectivity index (χ2v) is 6.38. The second-order valence-electron chi connectivity index (χ2n) is 6.38. The van der Waals surface area contributed by atoms with Gasteiger partial charge in [-0.25, -0.2) is 9.67 Å². The van der Waals surface area contributed by atoms with Crippen molar-refractivity contribution >= 4 is 11.7 Å². The van der Waals surface area contributed by atoms with Crippen LogP contribution in [0.5, 0.6) is 5.88 Å². The van der Waals surface area contributed by atoms with Crippen LogP contribution in [0, 0.1) is 5.92 Å². The molecule has 0 bridgehead atoms. The fourth-order valence-corrected chi connectivity index (χ4v) is 2.73. The summed E-state index contributed by atoms with van der Waals surface area (Å²) >= 11 is 0. The number of hydrogen-bond donors (Lipinski definition) is 1. The minimum Gasteiger partial charge on any atom is -0.481 e. The molecule has 0 atom stereocenters. The van der Waals surface area contributed by atoms with E-state index >= 15 is 0 Å². The van der Waals surface area contributed by atoms with Crippen LogP contribution in [0.2, 0.25) is 0 Å². The van der Waals surface area contributed by atoms with Crippen LogP contribution in [-0.4, -0.2) is 37.6 Å². The van der Waals surface area contributed by atoms with E-state index in [1.54, 1.807) is 36.4 Å². The maximum Gasteiger partial charge on any atom is 0.247 e. The summed E-state index contributed by atoms with van der Waals surface area (Å²) in [5.74, 6) is 1.81. The zero-order chi connectivity index (χ0) is 17.9. The number of aromatic nitrogens is 5. The highest BCUT2D eigenvalue weighted by Crippen LogP contribution is 2.31. The molecular weight excluding hydrogens is 332 g/mol. The van der Waals surface area contributed by atoms with Gasteiger partial charge in [-0.15, -0.1) is 0 Å². The van der Waals surface area contributed by atoms with Gasteiger partial charge in [-0.2, -0.15) is 10.2 Å². The zero-order valence-corrected chi connectivity index (χ0v) is 14.5. The van der Waals surface area contributed by atoms with Gasteiger partial charge in [0.2, 0.25) is 11.8 Å². The summed E-state index contributed by atoms with van der Waals surface area (Å²) in [7, 11) is 1.58. The van der Waals surface area contributed by atoms with Crippen molar-refractivity contribution in [3.05, 3.63) is 42.9 Å². The fourth-order valence-electron chi connectivity index (χ4n) is 2.73. The minimum atomic E-state index is -0.143. The van der Waals surface area contributed by atoms with Crippen LogP contribution in [0.4, 0.5) is 5.82 Å². The molecule has 0 saturated heterocycles. The predicted molar refractivity (Wildman–Crippen MR) is 95.6 cm³/mol. The Morgan fingerprint density at radius 2 is 2.19 bits per heavy atom. The summed E-state index contributed by atoms with van der Waals surface area (Å²) in [6.45, 7) is 0.981. The highest BCUT2D eigenvalue weighted by Gasteiger charge is 2.23. The van der Waals surface area contributed by atoms with Gasteiger partial charge in [0, 0.05) is 30.4 Å². The molecule has 0 radical (unpaired) electrons. The van der Waals surface area contributed by atoms with E-state index in [1.165, 1.54) is 12.8 Å². The third-order valence-electron chi connectivity index (χ3n) is 4.28. The number of nitrogens with one attached hydrogen (secondary N) is 1. The maximum absolute atomic E-state index is 12.3. The quantitative estimate of drug-likeness (QED) is 0.704. The first-order valence-corrected chi connectivity index (χ1v) is 8.57. The molecule has 8 heteroatoms. The summed E-state index contributed by atoms with van der Waals surface area (Å²) in [4.78, 5) is 16.7. The smallest absolute Gasteiger partial charge is 0.247 e. The first kappa shape index (κ1) is 16.3. The molecule has 134 valence electrons. The number of carbonyl (C=O) groups excluding carboxylic acids is 1. The second kappa shape index (κ2) is 6.99. The van der Waals surface area contributed by atoms with Crippen LogP contribution >= 0.6 is 0 Å². The van der Waals surface area contributed by atoms with Crippen molar-refractivity contribution in [3.8, 4) is 17.1 Å². The number of anilines is 1. The number of nitrogens with zero attached hydrogens (tertiary/aromatic N) is 5. The van der Waals surface area contributed by atoms with Gasteiger partial charge in [0.1, 0.15) is 12.4 Å². The van der Waals surface area contributed by atoms with Crippen LogP contribution in [0.1, 0.15) is 12.8 Å². The van der Waals surface area contributed by atoms with Crippen molar-refractivity contribution in [3.63, 3.8) is 0 Å². The molecule has 3 aromatic rings. The Balaban J connectivity index is 1.40. The molecule has 3 aromatic heterocycles. The number of hydrogen-bond acceptors (Lipinski definition) is 5. The van der Waals surface area contributed by atoms with E-state index < -0.39 is 0 Å². The normalized spacial score (nSPS) is 13.6. The predicted octanol–water partition coefficient (Wildman–Crippen LogP) is 2.20. The third-order valence-corrected chi connectivity index (χ3v) is 4.28. The van der Waals surface area contributed by atoms with Gasteiger partial charge in [-0.05, 0) is 24.8 Å². The molecule has 1 aliphatic carbocycles. The number of pyridine rings is 1. The van der Waals surface area contributed by atoms with E-state index in [9.17, 15) is 4.79 Å². The lowest BCUT2D eigenvalue weighted by Crippen LogP contribution is -2.21. The molecule has 4 rings (SSSR count). The van der Waals surface area contributed by atoms with E-state index in [0.717, 1.165) is 23.6 Å². The SMILES string of the molecule is COc1cccc(-c2cnn(CC(=O)Nc3ccnn3CC3CC3)c2)n1. The lowest BCUT2D eigenvalue weighted by Gasteiger charge is -2.08. The molecule has 0 unspecified atom stereocenters. The Morgan fingerprint density at radius 3 is 3.00 bits per heavy atom. The summed E-state index contributed by atoms with van der Waals surface area (Å²) in [5.41, 5.74) is 1.58. The van der Waals surface area contributed by atoms with Gasteiger partial charge in [0.25, 0.3) is 0 Å². The largest absolute Gasteiger partial charge is 0.481 e. The van der Waals surface area contributed by atoms with Gasteiger partial charge in [0.15, 0.2) is 0 Å². The standard InChI is InChI=1S/C18H20N6O2/c1-26-18-4-2-3-15(21-18)14-9-20-23(11-14)12-17(25)22-16-7-8-19-24(16)10-13-5-6-13/h2-4,7-9,11,13H,5-6,10,12H2,1H3,(H,22,25). The number of ether oxygens (including phenoxy) is 1. The van der Waals surface area contributed by atoms with Crippen LogP contribution in [0.3, 0.4) is 0 Å². The Kier molecular flexibility index (Phi) is 4.39. The van der Waals surface area contributed by atoms with Crippen molar-refractivity contribution in [1.29, 1.82) is 0 Å². The minimum absolute atomic E-state index is 0.124. The molecule has 8 nitrogen and oxygen atoms in total. The van der Waals surface area contributed by atoms with E-state index in [1.807, 2.05) is 22.9 Å². The molecule has 1 saturated carbocycles. The van der Waals surface area contributed by atoms with E-state index in [2.05, 4.69) is 20.5 Å². The van der Waals surface area contributed by atoms with Crippen molar-refractivity contribution < 1.29 is 9.53 Å². The molecule has 1 aliphatic rings. The zero-order valence-electron chi connectivity index (χ0n) is 14.5.